The van der Waals surface area contributed by atoms with E-state index in [9.17, 15) is 14.3 Å². The molecule has 0 atom stereocenters. The van der Waals surface area contributed by atoms with Crippen LogP contribution in [0, 0.1) is 5.82 Å². The zero-order chi connectivity index (χ0) is 18.8. The summed E-state index contributed by atoms with van der Waals surface area (Å²) in [5.41, 5.74) is 2.47. The lowest BCUT2D eigenvalue weighted by molar-refractivity contribution is 0.0746. The molecule has 158 valence electrons. The number of benzene rings is 2. The van der Waals surface area contributed by atoms with E-state index in [0.717, 1.165) is 24.5 Å². The molecule has 1 amide bonds. The van der Waals surface area contributed by atoms with Gasteiger partial charge in [0.25, 0.3) is 5.91 Å². The molecular weight excluding hydrogens is 416 g/mol. The highest BCUT2D eigenvalue weighted by Crippen LogP contribution is 2.33. The lowest BCUT2D eigenvalue weighted by Crippen LogP contribution is -2.48. The number of aromatic hydroxyl groups is 1. The molecule has 0 spiro atoms. The summed E-state index contributed by atoms with van der Waals surface area (Å²) in [6, 6.07) is 11.5. The minimum Gasteiger partial charge on any atom is -0.506 e. The molecule has 1 N–H and O–H groups in total. The van der Waals surface area contributed by atoms with Crippen LogP contribution in [0.25, 0.3) is 0 Å². The van der Waals surface area contributed by atoms with Gasteiger partial charge in [-0.25, -0.2) is 4.39 Å². The first-order valence-corrected chi connectivity index (χ1v) is 9.49. The van der Waals surface area contributed by atoms with Gasteiger partial charge >= 0.3 is 0 Å². The summed E-state index contributed by atoms with van der Waals surface area (Å²) in [5.74, 6) is -0.148. The van der Waals surface area contributed by atoms with Crippen molar-refractivity contribution in [3.63, 3.8) is 0 Å². The third kappa shape index (κ3) is 5.06. The summed E-state index contributed by atoms with van der Waals surface area (Å²) in [4.78, 5) is 18.8. The Hall–Kier alpha value is -2.18. The van der Waals surface area contributed by atoms with Crippen LogP contribution in [0.5, 0.6) is 5.75 Å². The number of carbonyl (C=O) groups is 1. The Bertz CT molecular complexity index is 821. The zero-order valence-corrected chi connectivity index (χ0v) is 17.7. The number of nitrogens with zero attached hydrogens (tertiary/aromatic N) is 3. The summed E-state index contributed by atoms with van der Waals surface area (Å²) in [7, 11) is 0. The molecule has 0 saturated carbocycles. The number of hydrogen-bond donors (Lipinski definition) is 1. The van der Waals surface area contributed by atoms with E-state index in [1.165, 1.54) is 37.1 Å². The predicted molar refractivity (Wildman–Crippen MR) is 119 cm³/mol. The van der Waals surface area contributed by atoms with Gasteiger partial charge in [-0.15, -0.1) is 24.8 Å². The van der Waals surface area contributed by atoms with Gasteiger partial charge in [0.15, 0.2) is 0 Å². The Labute approximate surface area is 182 Å². The molecule has 2 fully saturated rings. The number of halogens is 3. The van der Waals surface area contributed by atoms with Gasteiger partial charge in [0, 0.05) is 50.5 Å². The summed E-state index contributed by atoms with van der Waals surface area (Å²) in [6.07, 6.45) is 2.42. The lowest BCUT2D eigenvalue weighted by atomic mass is 10.1. The SMILES string of the molecule is Cl.Cl.O=C(c1ccc(F)cc1)N1CCN(c2cc(N3CCCC3)ccc2O)CC1. The minimum atomic E-state index is -0.343. The van der Waals surface area contributed by atoms with Gasteiger partial charge in [-0.3, -0.25) is 4.79 Å². The maximum atomic E-state index is 13.1. The first-order valence-electron chi connectivity index (χ1n) is 9.49. The fourth-order valence-corrected chi connectivity index (χ4v) is 3.86. The molecule has 2 heterocycles. The lowest BCUT2D eigenvalue weighted by Gasteiger charge is -2.36. The van der Waals surface area contributed by atoms with Crippen LogP contribution in [0.1, 0.15) is 23.2 Å². The van der Waals surface area contributed by atoms with Gasteiger partial charge < -0.3 is 19.8 Å². The molecule has 2 aromatic carbocycles. The highest BCUT2D eigenvalue weighted by molar-refractivity contribution is 5.94. The molecule has 8 heteroatoms. The van der Waals surface area contributed by atoms with Crippen molar-refractivity contribution in [2.45, 2.75) is 12.8 Å². The standard InChI is InChI=1S/C21H24FN3O2.2ClH/c22-17-5-3-16(4-6-17)21(27)25-13-11-24(12-14-25)19-15-18(7-8-20(19)26)23-9-1-2-10-23;;/h3-8,15,26H,1-2,9-14H2;2*1H. The van der Waals surface area contributed by atoms with E-state index in [1.54, 1.807) is 11.0 Å². The number of phenolic OH excluding ortho intramolecular Hbond substituents is 1. The van der Waals surface area contributed by atoms with Crippen LogP contribution in [0.3, 0.4) is 0 Å². The Morgan fingerprint density at radius 2 is 1.45 bits per heavy atom. The Morgan fingerprint density at radius 1 is 0.828 bits per heavy atom. The smallest absolute Gasteiger partial charge is 0.253 e. The monoisotopic (exact) mass is 441 g/mol. The summed E-state index contributed by atoms with van der Waals surface area (Å²) >= 11 is 0. The molecule has 2 saturated heterocycles. The maximum Gasteiger partial charge on any atom is 0.253 e. The number of amides is 1. The Balaban J connectivity index is 0.00000150. The average Bonchev–Trinajstić information content (AvgIpc) is 3.23. The van der Waals surface area contributed by atoms with Gasteiger partial charge in [-0.05, 0) is 55.3 Å². The van der Waals surface area contributed by atoms with E-state index >= 15 is 0 Å². The third-order valence-electron chi connectivity index (χ3n) is 5.43. The van der Waals surface area contributed by atoms with Crippen molar-refractivity contribution in [1.29, 1.82) is 0 Å². The molecule has 0 radical (unpaired) electrons. The molecule has 2 aliphatic rings. The van der Waals surface area contributed by atoms with E-state index < -0.39 is 0 Å². The first-order chi connectivity index (χ1) is 13.1. The van der Waals surface area contributed by atoms with Gasteiger partial charge in [0.05, 0.1) is 5.69 Å². The molecule has 2 aromatic rings. The minimum absolute atomic E-state index is 0. The number of rotatable bonds is 3. The molecule has 5 nitrogen and oxygen atoms in total. The molecule has 0 bridgehead atoms. The van der Waals surface area contributed by atoms with Gasteiger partial charge in [0.2, 0.25) is 0 Å². The highest BCUT2D eigenvalue weighted by atomic mass is 35.5. The van der Waals surface area contributed by atoms with Crippen molar-refractivity contribution in [3.8, 4) is 5.75 Å². The summed E-state index contributed by atoms with van der Waals surface area (Å²) in [6.45, 7) is 4.58. The number of phenols is 1. The molecule has 4 rings (SSSR count). The second-order valence-electron chi connectivity index (χ2n) is 7.15. The van der Waals surface area contributed by atoms with Crippen molar-refractivity contribution in [3.05, 3.63) is 53.8 Å². The number of anilines is 2. The largest absolute Gasteiger partial charge is 0.506 e. The second-order valence-corrected chi connectivity index (χ2v) is 7.15. The van der Waals surface area contributed by atoms with Crippen LogP contribution >= 0.6 is 24.8 Å². The van der Waals surface area contributed by atoms with Crippen molar-refractivity contribution < 1.29 is 14.3 Å². The van der Waals surface area contributed by atoms with Gasteiger partial charge in [0.1, 0.15) is 11.6 Å². The van der Waals surface area contributed by atoms with E-state index in [-0.39, 0.29) is 42.3 Å². The third-order valence-corrected chi connectivity index (χ3v) is 5.43. The summed E-state index contributed by atoms with van der Waals surface area (Å²) < 4.78 is 13.1. The molecular formula is C21H26Cl2FN3O2. The maximum absolute atomic E-state index is 13.1. The van der Waals surface area contributed by atoms with Crippen molar-refractivity contribution in [2.75, 3.05) is 49.1 Å². The number of piperazine rings is 1. The van der Waals surface area contributed by atoms with Gasteiger partial charge in [-0.2, -0.15) is 0 Å². The predicted octanol–water partition coefficient (Wildman–Crippen LogP) is 3.94. The van der Waals surface area contributed by atoms with E-state index in [1.807, 2.05) is 6.07 Å². The molecule has 2 aliphatic heterocycles. The van der Waals surface area contributed by atoms with E-state index in [2.05, 4.69) is 15.9 Å². The van der Waals surface area contributed by atoms with E-state index in [4.69, 9.17) is 0 Å². The second kappa shape index (κ2) is 10.0. The highest BCUT2D eigenvalue weighted by Gasteiger charge is 2.24. The quantitative estimate of drug-likeness (QED) is 0.783. The van der Waals surface area contributed by atoms with Gasteiger partial charge in [-0.1, -0.05) is 0 Å². The number of carbonyl (C=O) groups excluding carboxylic acids is 1. The fourth-order valence-electron chi connectivity index (χ4n) is 3.86. The topological polar surface area (TPSA) is 47.0 Å². The van der Waals surface area contributed by atoms with Crippen molar-refractivity contribution in [2.24, 2.45) is 0 Å². The normalized spacial score (nSPS) is 16.2. The van der Waals surface area contributed by atoms with Crippen LogP contribution in [0.2, 0.25) is 0 Å². The van der Waals surface area contributed by atoms with Crippen LogP contribution in [0.15, 0.2) is 42.5 Å². The van der Waals surface area contributed by atoms with Crippen molar-refractivity contribution in [1.82, 2.24) is 4.90 Å². The Kier molecular flexibility index (Phi) is 7.99. The molecule has 0 aliphatic carbocycles. The van der Waals surface area contributed by atoms with E-state index in [0.29, 0.717) is 31.7 Å². The number of hydrogen-bond acceptors (Lipinski definition) is 4. The first kappa shape index (κ1) is 23.1. The average molecular weight is 442 g/mol. The molecule has 0 aromatic heterocycles. The van der Waals surface area contributed by atoms with Crippen LogP contribution < -0.4 is 9.80 Å². The molecule has 0 unspecified atom stereocenters. The van der Waals surface area contributed by atoms with Crippen LogP contribution in [0.4, 0.5) is 15.8 Å². The summed E-state index contributed by atoms with van der Waals surface area (Å²) in [5, 5.41) is 10.3. The Morgan fingerprint density at radius 3 is 2.07 bits per heavy atom. The van der Waals surface area contributed by atoms with Crippen molar-refractivity contribution >= 4 is 42.1 Å². The zero-order valence-electron chi connectivity index (χ0n) is 16.1. The van der Waals surface area contributed by atoms with Crippen LogP contribution in [-0.2, 0) is 0 Å². The van der Waals surface area contributed by atoms with Crippen LogP contribution in [-0.4, -0.2) is 55.2 Å². The molecule has 29 heavy (non-hydrogen) atoms. The fraction of sp³-hybridized carbons (Fsp3) is 0.381.